The molecule has 0 aromatic carbocycles. The molecule has 2 rings (SSSR count). The molecule has 1 amide bonds. The maximum Gasteiger partial charge on any atom is 0.410 e. The highest BCUT2D eigenvalue weighted by molar-refractivity contribution is 5.68. The number of likely N-dealkylation sites (tertiary alicyclic amines) is 1. The molecule has 2 saturated heterocycles. The van der Waals surface area contributed by atoms with Gasteiger partial charge in [-0.25, -0.2) is 4.79 Å². The third-order valence-electron chi connectivity index (χ3n) is 4.13. The first-order valence-electron chi connectivity index (χ1n) is 6.93. The summed E-state index contributed by atoms with van der Waals surface area (Å²) >= 11 is 0. The Bertz CT molecular complexity index is 359. The molecule has 19 heavy (non-hydrogen) atoms. The highest BCUT2D eigenvalue weighted by Gasteiger charge is 2.54. The summed E-state index contributed by atoms with van der Waals surface area (Å²) in [6.45, 7) is 12.2. The molecule has 0 aromatic rings. The van der Waals surface area contributed by atoms with E-state index in [-0.39, 0.29) is 23.0 Å². The average molecular weight is 270 g/mol. The molecule has 0 radical (unpaired) electrons. The second-order valence-corrected chi connectivity index (χ2v) is 7.65. The summed E-state index contributed by atoms with van der Waals surface area (Å²) in [5.41, 5.74) is -1.09. The van der Waals surface area contributed by atoms with E-state index in [9.17, 15) is 9.90 Å². The highest BCUT2D eigenvalue weighted by Crippen LogP contribution is 2.43. The summed E-state index contributed by atoms with van der Waals surface area (Å²) in [6, 6.07) is 0. The van der Waals surface area contributed by atoms with Crippen molar-refractivity contribution >= 4 is 6.09 Å². The molecule has 2 aliphatic rings. The molecule has 2 N–H and O–H groups in total. The normalized spacial score (nSPS) is 39.1. The third-order valence-corrected chi connectivity index (χ3v) is 4.13. The molecule has 2 heterocycles. The van der Waals surface area contributed by atoms with Crippen molar-refractivity contribution in [2.75, 3.05) is 26.2 Å². The molecular formula is C14H26N2O3. The predicted molar refractivity (Wildman–Crippen MR) is 72.9 cm³/mol. The largest absolute Gasteiger partial charge is 0.444 e. The first-order chi connectivity index (χ1) is 8.56. The van der Waals surface area contributed by atoms with E-state index in [0.29, 0.717) is 13.1 Å². The van der Waals surface area contributed by atoms with Gasteiger partial charge >= 0.3 is 6.09 Å². The number of hydrogen-bond donors (Lipinski definition) is 2. The minimum Gasteiger partial charge on any atom is -0.444 e. The van der Waals surface area contributed by atoms with Crippen LogP contribution in [-0.2, 0) is 4.74 Å². The van der Waals surface area contributed by atoms with Crippen molar-refractivity contribution in [2.45, 2.75) is 46.3 Å². The van der Waals surface area contributed by atoms with Gasteiger partial charge in [-0.05, 0) is 20.8 Å². The number of nitrogens with one attached hydrogen (secondary N) is 1. The first kappa shape index (κ1) is 14.6. The zero-order valence-electron chi connectivity index (χ0n) is 12.6. The van der Waals surface area contributed by atoms with Crippen molar-refractivity contribution in [3.63, 3.8) is 0 Å². The van der Waals surface area contributed by atoms with Gasteiger partial charge < -0.3 is 20.1 Å². The van der Waals surface area contributed by atoms with Gasteiger partial charge in [0.1, 0.15) is 5.60 Å². The van der Waals surface area contributed by atoms with Gasteiger partial charge in [-0.1, -0.05) is 13.8 Å². The van der Waals surface area contributed by atoms with Crippen LogP contribution in [0, 0.1) is 10.8 Å². The number of carbonyl (C=O) groups excluding carboxylic acids is 1. The van der Waals surface area contributed by atoms with E-state index in [1.807, 2.05) is 34.6 Å². The maximum atomic E-state index is 12.2. The number of rotatable bonds is 0. The highest BCUT2D eigenvalue weighted by atomic mass is 16.6. The fourth-order valence-corrected chi connectivity index (χ4v) is 3.34. The molecule has 2 fully saturated rings. The van der Waals surface area contributed by atoms with Crippen LogP contribution >= 0.6 is 0 Å². The van der Waals surface area contributed by atoms with Gasteiger partial charge in [0.25, 0.3) is 0 Å². The van der Waals surface area contributed by atoms with Crippen molar-refractivity contribution in [3.05, 3.63) is 0 Å². The van der Waals surface area contributed by atoms with Gasteiger partial charge in [0, 0.05) is 37.0 Å². The molecule has 2 bridgehead atoms. The Hall–Kier alpha value is -0.810. The lowest BCUT2D eigenvalue weighted by Crippen LogP contribution is -2.70. The summed E-state index contributed by atoms with van der Waals surface area (Å²) in [4.78, 5) is 14.0. The van der Waals surface area contributed by atoms with Crippen LogP contribution in [0.1, 0.15) is 34.6 Å². The number of fused-ring (bicyclic) bond motifs is 2. The van der Waals surface area contributed by atoms with Gasteiger partial charge in [0.15, 0.2) is 0 Å². The molecule has 110 valence electrons. The topological polar surface area (TPSA) is 61.8 Å². The third kappa shape index (κ3) is 2.72. The zero-order valence-corrected chi connectivity index (χ0v) is 12.6. The Morgan fingerprint density at radius 2 is 1.74 bits per heavy atom. The van der Waals surface area contributed by atoms with Crippen LogP contribution in [0.4, 0.5) is 4.79 Å². The van der Waals surface area contributed by atoms with E-state index in [1.54, 1.807) is 4.90 Å². The number of ether oxygens (including phenoxy) is 1. The number of hydrogen-bond acceptors (Lipinski definition) is 4. The predicted octanol–water partition coefficient (Wildman–Crippen LogP) is 1.21. The van der Waals surface area contributed by atoms with Crippen LogP contribution in [0.5, 0.6) is 0 Å². The van der Waals surface area contributed by atoms with Crippen LogP contribution in [0.3, 0.4) is 0 Å². The molecule has 2 aliphatic heterocycles. The molecule has 5 nitrogen and oxygen atoms in total. The summed E-state index contributed by atoms with van der Waals surface area (Å²) < 4.78 is 5.45. The van der Waals surface area contributed by atoms with Crippen molar-refractivity contribution in [1.82, 2.24) is 10.2 Å². The minimum absolute atomic E-state index is 0.279. The standard InChI is InChI=1S/C14H26N2O3/c1-12(2,3)19-11(18)16-8-13(4)6-15-7-14(5,9-16)10(13)17/h10,15,17H,6-9H2,1-5H3. The second-order valence-electron chi connectivity index (χ2n) is 7.65. The van der Waals surface area contributed by atoms with Crippen molar-refractivity contribution in [1.29, 1.82) is 0 Å². The molecule has 2 unspecified atom stereocenters. The second kappa shape index (κ2) is 4.35. The molecule has 5 heteroatoms. The summed E-state index contributed by atoms with van der Waals surface area (Å²) in [7, 11) is 0. The monoisotopic (exact) mass is 270 g/mol. The van der Waals surface area contributed by atoms with Gasteiger partial charge in [0.2, 0.25) is 0 Å². The van der Waals surface area contributed by atoms with E-state index in [2.05, 4.69) is 5.32 Å². The number of carbonyl (C=O) groups is 1. The van der Waals surface area contributed by atoms with Gasteiger partial charge in [-0.15, -0.1) is 0 Å². The molecule has 0 spiro atoms. The Balaban J connectivity index is 2.16. The first-order valence-corrected chi connectivity index (χ1v) is 6.93. The summed E-state index contributed by atoms with van der Waals surface area (Å²) in [5.74, 6) is 0. The smallest absolute Gasteiger partial charge is 0.410 e. The van der Waals surface area contributed by atoms with E-state index >= 15 is 0 Å². The Labute approximate surface area is 115 Å². The number of amides is 1. The quantitative estimate of drug-likeness (QED) is 0.694. The van der Waals surface area contributed by atoms with Gasteiger partial charge in [-0.2, -0.15) is 0 Å². The van der Waals surface area contributed by atoms with Crippen LogP contribution < -0.4 is 5.32 Å². The lowest BCUT2D eigenvalue weighted by atomic mass is 9.63. The van der Waals surface area contributed by atoms with E-state index in [1.165, 1.54) is 0 Å². The number of nitrogens with zero attached hydrogens (tertiary/aromatic N) is 1. The van der Waals surface area contributed by atoms with E-state index < -0.39 is 5.60 Å². The minimum atomic E-state index is -0.484. The number of aliphatic hydroxyl groups excluding tert-OH is 1. The van der Waals surface area contributed by atoms with Crippen LogP contribution in [0.2, 0.25) is 0 Å². The molecular weight excluding hydrogens is 244 g/mol. The molecule has 2 atom stereocenters. The van der Waals surface area contributed by atoms with E-state index in [4.69, 9.17) is 4.74 Å². The average Bonchev–Trinajstić information content (AvgIpc) is 2.20. The number of piperidine rings is 2. The fourth-order valence-electron chi connectivity index (χ4n) is 3.34. The fraction of sp³-hybridized carbons (Fsp3) is 0.929. The Morgan fingerprint density at radius 1 is 1.26 bits per heavy atom. The van der Waals surface area contributed by atoms with E-state index in [0.717, 1.165) is 13.1 Å². The van der Waals surface area contributed by atoms with Gasteiger partial charge in [-0.3, -0.25) is 0 Å². The maximum absolute atomic E-state index is 12.2. The Morgan fingerprint density at radius 3 is 2.16 bits per heavy atom. The van der Waals surface area contributed by atoms with Crippen molar-refractivity contribution < 1.29 is 14.6 Å². The number of aliphatic hydroxyl groups is 1. The zero-order chi connectivity index (χ0) is 14.5. The molecule has 0 aliphatic carbocycles. The van der Waals surface area contributed by atoms with Crippen molar-refractivity contribution in [2.24, 2.45) is 10.8 Å². The van der Waals surface area contributed by atoms with Gasteiger partial charge in [0.05, 0.1) is 6.10 Å². The van der Waals surface area contributed by atoms with Crippen LogP contribution in [-0.4, -0.2) is 54.0 Å². The summed E-state index contributed by atoms with van der Waals surface area (Å²) in [6.07, 6.45) is -0.668. The molecule has 0 aromatic heterocycles. The molecule has 0 saturated carbocycles. The SMILES string of the molecule is CC(C)(C)OC(=O)N1CC2(C)CNCC(C)(C1)C2O. The summed E-state index contributed by atoms with van der Waals surface area (Å²) in [5, 5.41) is 13.9. The van der Waals surface area contributed by atoms with Crippen LogP contribution in [0.15, 0.2) is 0 Å². The Kier molecular flexibility index (Phi) is 3.34. The van der Waals surface area contributed by atoms with Crippen molar-refractivity contribution in [3.8, 4) is 0 Å². The van der Waals surface area contributed by atoms with Crippen LogP contribution in [0.25, 0.3) is 0 Å². The lowest BCUT2D eigenvalue weighted by molar-refractivity contribution is -0.138. The lowest BCUT2D eigenvalue weighted by Gasteiger charge is -2.56.